The molecule has 1 aromatic rings. The highest BCUT2D eigenvalue weighted by Crippen LogP contribution is 2.30. The van der Waals surface area contributed by atoms with Gasteiger partial charge in [-0.3, -0.25) is 0 Å². The second-order valence-electron chi connectivity index (χ2n) is 5.42. The van der Waals surface area contributed by atoms with Gasteiger partial charge in [0.25, 0.3) is 0 Å². The maximum atomic E-state index is 4.33. The summed E-state index contributed by atoms with van der Waals surface area (Å²) in [6.07, 6.45) is 3.17. The Balaban J connectivity index is 2.63. The standard InChI is InChI=1S/C13H24N2S/c1-6-14-8-11(13(3,4)5)7-12-9-15-10(2)16-12/h9,11,14H,6-8H2,1-5H3. The van der Waals surface area contributed by atoms with Crippen molar-refractivity contribution in [3.05, 3.63) is 16.1 Å². The summed E-state index contributed by atoms with van der Waals surface area (Å²) in [6, 6.07) is 0. The number of rotatable bonds is 5. The number of nitrogens with zero attached hydrogens (tertiary/aromatic N) is 1. The quantitative estimate of drug-likeness (QED) is 0.854. The molecule has 0 saturated carbocycles. The van der Waals surface area contributed by atoms with Gasteiger partial charge < -0.3 is 5.32 Å². The van der Waals surface area contributed by atoms with E-state index in [0.717, 1.165) is 19.5 Å². The predicted molar refractivity (Wildman–Crippen MR) is 72.0 cm³/mol. The molecule has 0 radical (unpaired) electrons. The number of aryl methyl sites for hydroxylation is 1. The van der Waals surface area contributed by atoms with E-state index in [9.17, 15) is 0 Å². The lowest BCUT2D eigenvalue weighted by Gasteiger charge is -2.30. The van der Waals surface area contributed by atoms with Gasteiger partial charge in [-0.05, 0) is 37.8 Å². The van der Waals surface area contributed by atoms with Crippen LogP contribution in [0.15, 0.2) is 6.20 Å². The van der Waals surface area contributed by atoms with Crippen LogP contribution in [0.25, 0.3) is 0 Å². The van der Waals surface area contributed by atoms with Crippen molar-refractivity contribution in [1.29, 1.82) is 0 Å². The minimum atomic E-state index is 0.347. The maximum Gasteiger partial charge on any atom is 0.0896 e. The molecule has 1 atom stereocenters. The molecule has 92 valence electrons. The fraction of sp³-hybridized carbons (Fsp3) is 0.769. The van der Waals surface area contributed by atoms with Crippen molar-refractivity contribution >= 4 is 11.3 Å². The third-order valence-corrected chi connectivity index (χ3v) is 3.92. The highest BCUT2D eigenvalue weighted by Gasteiger charge is 2.24. The third kappa shape index (κ3) is 4.22. The van der Waals surface area contributed by atoms with Gasteiger partial charge in [0.2, 0.25) is 0 Å². The minimum absolute atomic E-state index is 0.347. The first-order chi connectivity index (χ1) is 7.43. The fourth-order valence-corrected chi connectivity index (χ4v) is 2.62. The number of aromatic nitrogens is 1. The van der Waals surface area contributed by atoms with Gasteiger partial charge in [-0.1, -0.05) is 27.7 Å². The molecule has 3 heteroatoms. The van der Waals surface area contributed by atoms with E-state index in [1.807, 2.05) is 17.5 Å². The molecule has 0 fully saturated rings. The summed E-state index contributed by atoms with van der Waals surface area (Å²) in [7, 11) is 0. The SMILES string of the molecule is CCNCC(Cc1cnc(C)s1)C(C)(C)C. The minimum Gasteiger partial charge on any atom is -0.317 e. The van der Waals surface area contributed by atoms with Crippen LogP contribution in [0.2, 0.25) is 0 Å². The van der Waals surface area contributed by atoms with Crippen LogP contribution in [0.3, 0.4) is 0 Å². The first kappa shape index (κ1) is 13.7. The zero-order valence-corrected chi connectivity index (χ0v) is 11.9. The lowest BCUT2D eigenvalue weighted by molar-refractivity contribution is 0.233. The average Bonchev–Trinajstić information content (AvgIpc) is 2.57. The van der Waals surface area contributed by atoms with E-state index in [4.69, 9.17) is 0 Å². The van der Waals surface area contributed by atoms with Gasteiger partial charge in [0.05, 0.1) is 5.01 Å². The molecule has 0 aliphatic heterocycles. The largest absolute Gasteiger partial charge is 0.317 e. The Labute approximate surface area is 103 Å². The molecule has 1 heterocycles. The second kappa shape index (κ2) is 5.78. The maximum absolute atomic E-state index is 4.33. The van der Waals surface area contributed by atoms with Crippen LogP contribution in [-0.4, -0.2) is 18.1 Å². The molecule has 0 amide bonds. The third-order valence-electron chi connectivity index (χ3n) is 2.98. The molecule has 2 nitrogen and oxygen atoms in total. The smallest absolute Gasteiger partial charge is 0.0896 e. The zero-order chi connectivity index (χ0) is 12.2. The lowest BCUT2D eigenvalue weighted by atomic mass is 9.78. The highest BCUT2D eigenvalue weighted by atomic mass is 32.1. The van der Waals surface area contributed by atoms with Crippen LogP contribution >= 0.6 is 11.3 Å². The Morgan fingerprint density at radius 3 is 2.56 bits per heavy atom. The van der Waals surface area contributed by atoms with E-state index < -0.39 is 0 Å². The summed E-state index contributed by atoms with van der Waals surface area (Å²) < 4.78 is 0. The van der Waals surface area contributed by atoms with Crippen LogP contribution in [0, 0.1) is 18.3 Å². The van der Waals surface area contributed by atoms with Gasteiger partial charge in [-0.25, -0.2) is 4.98 Å². The van der Waals surface area contributed by atoms with E-state index in [-0.39, 0.29) is 0 Å². The van der Waals surface area contributed by atoms with Gasteiger partial charge >= 0.3 is 0 Å². The first-order valence-corrected chi connectivity index (χ1v) is 6.87. The predicted octanol–water partition coefficient (Wildman–Crippen LogP) is 3.27. The van der Waals surface area contributed by atoms with Crippen molar-refractivity contribution in [3.63, 3.8) is 0 Å². The molecule has 1 unspecified atom stereocenters. The van der Waals surface area contributed by atoms with Crippen molar-refractivity contribution in [3.8, 4) is 0 Å². The molecule has 0 bridgehead atoms. The fourth-order valence-electron chi connectivity index (χ4n) is 1.75. The molecule has 1 aromatic heterocycles. The number of nitrogens with one attached hydrogen (secondary N) is 1. The van der Waals surface area contributed by atoms with Crippen LogP contribution in [-0.2, 0) is 6.42 Å². The van der Waals surface area contributed by atoms with Crippen molar-refractivity contribution in [2.75, 3.05) is 13.1 Å². The number of hydrogen-bond acceptors (Lipinski definition) is 3. The van der Waals surface area contributed by atoms with Gasteiger partial charge in [0.1, 0.15) is 0 Å². The van der Waals surface area contributed by atoms with Gasteiger partial charge in [0, 0.05) is 11.1 Å². The molecule has 0 spiro atoms. The molecule has 0 aliphatic rings. The molecule has 0 saturated heterocycles. The summed E-state index contributed by atoms with van der Waals surface area (Å²) in [6.45, 7) is 13.3. The van der Waals surface area contributed by atoms with E-state index in [1.54, 1.807) is 0 Å². The molecular weight excluding hydrogens is 216 g/mol. The first-order valence-electron chi connectivity index (χ1n) is 6.05. The molecular formula is C13H24N2S. The van der Waals surface area contributed by atoms with Crippen molar-refractivity contribution in [2.24, 2.45) is 11.3 Å². The van der Waals surface area contributed by atoms with Gasteiger partial charge in [-0.2, -0.15) is 0 Å². The highest BCUT2D eigenvalue weighted by molar-refractivity contribution is 7.11. The number of thiazole rings is 1. The molecule has 0 aliphatic carbocycles. The molecule has 0 aromatic carbocycles. The lowest BCUT2D eigenvalue weighted by Crippen LogP contribution is -2.33. The van der Waals surface area contributed by atoms with Crippen molar-refractivity contribution < 1.29 is 0 Å². The Hall–Kier alpha value is -0.410. The Kier molecular flexibility index (Phi) is 4.93. The normalized spacial score (nSPS) is 14.1. The van der Waals surface area contributed by atoms with E-state index >= 15 is 0 Å². The summed E-state index contributed by atoms with van der Waals surface area (Å²) >= 11 is 1.83. The van der Waals surface area contributed by atoms with Crippen LogP contribution in [0.4, 0.5) is 0 Å². The number of hydrogen-bond donors (Lipinski definition) is 1. The average molecular weight is 240 g/mol. The summed E-state index contributed by atoms with van der Waals surface area (Å²) in [4.78, 5) is 5.74. The molecule has 16 heavy (non-hydrogen) atoms. The molecule has 1 rings (SSSR count). The van der Waals surface area contributed by atoms with Crippen LogP contribution in [0.1, 0.15) is 37.6 Å². The second-order valence-corrected chi connectivity index (χ2v) is 6.74. The Bertz CT molecular complexity index is 312. The van der Waals surface area contributed by atoms with Crippen molar-refractivity contribution in [2.45, 2.75) is 41.0 Å². The Morgan fingerprint density at radius 1 is 1.44 bits per heavy atom. The van der Waals surface area contributed by atoms with Crippen LogP contribution in [0.5, 0.6) is 0 Å². The van der Waals surface area contributed by atoms with Crippen molar-refractivity contribution in [1.82, 2.24) is 10.3 Å². The summed E-state index contributed by atoms with van der Waals surface area (Å²) in [5, 5.41) is 4.64. The topological polar surface area (TPSA) is 24.9 Å². The molecule has 1 N–H and O–H groups in total. The van der Waals surface area contributed by atoms with Gasteiger partial charge in [0.15, 0.2) is 0 Å². The summed E-state index contributed by atoms with van der Waals surface area (Å²) in [5.41, 5.74) is 0.347. The monoisotopic (exact) mass is 240 g/mol. The summed E-state index contributed by atoms with van der Waals surface area (Å²) in [5.74, 6) is 0.673. The van der Waals surface area contributed by atoms with Gasteiger partial charge in [-0.15, -0.1) is 11.3 Å². The van der Waals surface area contributed by atoms with E-state index in [2.05, 4.69) is 44.9 Å². The Morgan fingerprint density at radius 2 is 2.12 bits per heavy atom. The zero-order valence-electron chi connectivity index (χ0n) is 11.1. The van der Waals surface area contributed by atoms with E-state index in [1.165, 1.54) is 9.88 Å². The van der Waals surface area contributed by atoms with E-state index in [0.29, 0.717) is 11.3 Å². The van der Waals surface area contributed by atoms with Crippen LogP contribution < -0.4 is 5.32 Å².